The van der Waals surface area contributed by atoms with Gasteiger partial charge in [0, 0.05) is 24.1 Å². The maximum atomic E-state index is 13.8. The summed E-state index contributed by atoms with van der Waals surface area (Å²) in [4.78, 5) is 13.4. The summed E-state index contributed by atoms with van der Waals surface area (Å²) in [6.45, 7) is 3.41. The van der Waals surface area contributed by atoms with Crippen molar-refractivity contribution in [2.75, 3.05) is 6.54 Å². The lowest BCUT2D eigenvalue weighted by atomic mass is 9.84. The van der Waals surface area contributed by atoms with Crippen LogP contribution in [0.5, 0.6) is 5.75 Å². The molecule has 2 aliphatic heterocycles. The van der Waals surface area contributed by atoms with Crippen LogP contribution in [0.1, 0.15) is 43.9 Å². The molecule has 0 aromatic heterocycles. The molecule has 1 N–H and O–H groups in total. The summed E-state index contributed by atoms with van der Waals surface area (Å²) in [6, 6.07) is 1.32. The van der Waals surface area contributed by atoms with E-state index in [1.54, 1.807) is 13.8 Å². The maximum absolute atomic E-state index is 13.8. The van der Waals surface area contributed by atoms with Gasteiger partial charge in [0.05, 0.1) is 6.04 Å². The van der Waals surface area contributed by atoms with Crippen molar-refractivity contribution >= 4 is 5.91 Å². The number of hydrogen-bond acceptors (Lipinski definition) is 3. The average Bonchev–Trinajstić information content (AvgIpc) is 2.92. The topological polar surface area (TPSA) is 49.8 Å². The van der Waals surface area contributed by atoms with Gasteiger partial charge in [-0.15, -0.1) is 0 Å². The Morgan fingerprint density at radius 3 is 2.42 bits per heavy atom. The molecular formula is C17H18F5NO3. The van der Waals surface area contributed by atoms with Crippen molar-refractivity contribution in [3.05, 3.63) is 29.3 Å². The number of likely N-dealkylation sites (tertiary alicyclic amines) is 1. The van der Waals surface area contributed by atoms with Gasteiger partial charge >= 0.3 is 12.1 Å². The van der Waals surface area contributed by atoms with Crippen molar-refractivity contribution < 1.29 is 36.6 Å². The fourth-order valence-corrected chi connectivity index (χ4v) is 3.43. The van der Waals surface area contributed by atoms with Gasteiger partial charge in [0.1, 0.15) is 17.5 Å². The third kappa shape index (κ3) is 2.82. The molecule has 0 aliphatic carbocycles. The fraction of sp³-hybridized carbons (Fsp3) is 0.588. The molecule has 26 heavy (non-hydrogen) atoms. The molecule has 3 rings (SSSR count). The van der Waals surface area contributed by atoms with Crippen LogP contribution < -0.4 is 4.74 Å². The normalized spacial score (nSPS) is 25.8. The van der Waals surface area contributed by atoms with Gasteiger partial charge in [-0.1, -0.05) is 0 Å². The number of alkyl halides is 5. The zero-order valence-corrected chi connectivity index (χ0v) is 14.1. The first-order valence-electron chi connectivity index (χ1n) is 8.12. The number of amides is 1. The van der Waals surface area contributed by atoms with Crippen LogP contribution in [0.4, 0.5) is 22.0 Å². The second kappa shape index (κ2) is 5.80. The average molecular weight is 379 g/mol. The van der Waals surface area contributed by atoms with Gasteiger partial charge in [-0.05, 0) is 38.5 Å². The van der Waals surface area contributed by atoms with Gasteiger partial charge in [0.2, 0.25) is 5.91 Å². The highest BCUT2D eigenvalue weighted by Crippen LogP contribution is 2.49. The number of rotatable bonds is 2. The van der Waals surface area contributed by atoms with E-state index < -0.39 is 35.4 Å². The van der Waals surface area contributed by atoms with E-state index in [9.17, 15) is 31.9 Å². The third-order valence-corrected chi connectivity index (χ3v) is 4.88. The number of halogens is 5. The lowest BCUT2D eigenvalue weighted by molar-refractivity contribution is -0.289. The monoisotopic (exact) mass is 379 g/mol. The minimum absolute atomic E-state index is 0.0477. The number of aliphatic hydroxyl groups is 1. The predicted octanol–water partition coefficient (Wildman–Crippen LogP) is 3.54. The van der Waals surface area contributed by atoms with Crippen LogP contribution in [0, 0.1) is 0 Å². The van der Waals surface area contributed by atoms with E-state index in [1.165, 1.54) is 4.90 Å². The summed E-state index contributed by atoms with van der Waals surface area (Å²) in [5, 5.41) is 10.6. The van der Waals surface area contributed by atoms with Crippen LogP contribution >= 0.6 is 0 Å². The maximum Gasteiger partial charge on any atom is 0.458 e. The Kier molecular flexibility index (Phi) is 4.21. The summed E-state index contributed by atoms with van der Waals surface area (Å²) in [6.07, 6.45) is -6.28. The lowest BCUT2D eigenvalue weighted by Gasteiger charge is -2.45. The Bertz CT molecular complexity index is 732. The number of fused-ring (bicyclic) bond motifs is 1. The number of ether oxygens (including phenoxy) is 1. The molecule has 1 saturated heterocycles. The SMILES string of the molecule is CC1(C)Oc2ccc(C(F)(F)C(F)(F)F)cc2[C@H](N2CCCC2=O)[C@H]1O. The molecule has 9 heteroatoms. The summed E-state index contributed by atoms with van der Waals surface area (Å²) in [7, 11) is 0. The number of benzene rings is 1. The van der Waals surface area contributed by atoms with Gasteiger partial charge in [0.25, 0.3) is 0 Å². The quantitative estimate of drug-likeness (QED) is 0.800. The van der Waals surface area contributed by atoms with Crippen molar-refractivity contribution in [3.63, 3.8) is 0 Å². The van der Waals surface area contributed by atoms with Crippen LogP contribution in [0.3, 0.4) is 0 Å². The summed E-state index contributed by atoms with van der Waals surface area (Å²) < 4.78 is 71.3. The molecule has 0 bridgehead atoms. The van der Waals surface area contributed by atoms with Crippen molar-refractivity contribution in [2.24, 2.45) is 0 Å². The Hall–Kier alpha value is -1.90. The Morgan fingerprint density at radius 2 is 1.88 bits per heavy atom. The molecule has 1 fully saturated rings. The molecule has 1 aromatic carbocycles. The molecular weight excluding hydrogens is 361 g/mol. The van der Waals surface area contributed by atoms with E-state index in [0.29, 0.717) is 18.6 Å². The standard InChI is InChI=1S/C17H18F5NO3/c1-15(2)14(25)13(23-7-3-4-12(23)24)10-8-9(5-6-11(10)26-15)16(18,19)17(20,21)22/h5-6,8,13-14,25H,3-4,7H2,1-2H3/t13-,14+/m0/s1. The molecule has 1 amide bonds. The molecule has 2 aliphatic rings. The van der Waals surface area contributed by atoms with Crippen molar-refractivity contribution in [2.45, 2.75) is 56.5 Å². The zero-order chi connectivity index (χ0) is 19.5. The largest absolute Gasteiger partial charge is 0.485 e. The second-order valence-corrected chi connectivity index (χ2v) is 7.11. The van der Waals surface area contributed by atoms with Crippen LogP contribution in [0.25, 0.3) is 0 Å². The van der Waals surface area contributed by atoms with Crippen LogP contribution in [-0.2, 0) is 10.7 Å². The molecule has 0 radical (unpaired) electrons. The first-order chi connectivity index (χ1) is 11.9. The molecule has 4 nitrogen and oxygen atoms in total. The number of carbonyl (C=O) groups excluding carboxylic acids is 1. The highest BCUT2D eigenvalue weighted by molar-refractivity contribution is 5.79. The van der Waals surface area contributed by atoms with E-state index in [4.69, 9.17) is 4.74 Å². The number of aliphatic hydroxyl groups excluding tert-OH is 1. The van der Waals surface area contributed by atoms with Gasteiger partial charge in [-0.2, -0.15) is 22.0 Å². The first-order valence-corrected chi connectivity index (χ1v) is 8.12. The van der Waals surface area contributed by atoms with E-state index >= 15 is 0 Å². The highest BCUT2D eigenvalue weighted by Gasteiger charge is 2.59. The Morgan fingerprint density at radius 1 is 1.23 bits per heavy atom. The summed E-state index contributed by atoms with van der Waals surface area (Å²) >= 11 is 0. The van der Waals surface area contributed by atoms with E-state index in [-0.39, 0.29) is 30.2 Å². The highest BCUT2D eigenvalue weighted by atomic mass is 19.4. The van der Waals surface area contributed by atoms with E-state index in [1.807, 2.05) is 0 Å². The minimum atomic E-state index is -5.76. The summed E-state index contributed by atoms with van der Waals surface area (Å²) in [5.41, 5.74) is -2.45. The number of hydrogen-bond donors (Lipinski definition) is 1. The Labute approximate surface area is 146 Å². The third-order valence-electron chi connectivity index (χ3n) is 4.88. The van der Waals surface area contributed by atoms with Gasteiger partial charge in [-0.25, -0.2) is 0 Å². The fourth-order valence-electron chi connectivity index (χ4n) is 3.43. The van der Waals surface area contributed by atoms with E-state index in [2.05, 4.69) is 0 Å². The van der Waals surface area contributed by atoms with Crippen molar-refractivity contribution in [1.82, 2.24) is 4.90 Å². The predicted molar refractivity (Wildman–Crippen MR) is 80.8 cm³/mol. The minimum Gasteiger partial charge on any atom is -0.485 e. The first kappa shape index (κ1) is 18.9. The smallest absolute Gasteiger partial charge is 0.458 e. The van der Waals surface area contributed by atoms with Crippen molar-refractivity contribution in [3.8, 4) is 5.75 Å². The Balaban J connectivity index is 2.13. The molecule has 0 unspecified atom stereocenters. The second-order valence-electron chi connectivity index (χ2n) is 7.11. The van der Waals surface area contributed by atoms with Gasteiger partial charge < -0.3 is 14.7 Å². The molecule has 2 heterocycles. The molecule has 144 valence electrons. The summed E-state index contributed by atoms with van der Waals surface area (Å²) in [5.74, 6) is -5.27. The van der Waals surface area contributed by atoms with Gasteiger partial charge in [-0.3, -0.25) is 4.79 Å². The van der Waals surface area contributed by atoms with Gasteiger partial charge in [0.15, 0.2) is 0 Å². The van der Waals surface area contributed by atoms with Crippen LogP contribution in [0.15, 0.2) is 18.2 Å². The molecule has 1 aromatic rings. The molecule has 0 saturated carbocycles. The van der Waals surface area contributed by atoms with Crippen LogP contribution in [-0.4, -0.2) is 40.3 Å². The zero-order valence-electron chi connectivity index (χ0n) is 14.1. The molecule has 0 spiro atoms. The lowest BCUT2D eigenvalue weighted by Crippen LogP contribution is -2.54. The number of carbonyl (C=O) groups is 1. The van der Waals surface area contributed by atoms with Crippen LogP contribution in [0.2, 0.25) is 0 Å². The van der Waals surface area contributed by atoms with Crippen molar-refractivity contribution in [1.29, 1.82) is 0 Å². The van der Waals surface area contributed by atoms with E-state index in [0.717, 1.165) is 6.07 Å². The number of nitrogens with zero attached hydrogens (tertiary/aromatic N) is 1. The molecule has 2 atom stereocenters.